The summed E-state index contributed by atoms with van der Waals surface area (Å²) >= 11 is 12.6. The largest absolute Gasteiger partial charge is 0.478 e. The van der Waals surface area contributed by atoms with E-state index in [2.05, 4.69) is 5.43 Å². The first-order valence-corrected chi connectivity index (χ1v) is 10.3. The first-order valence-electron chi connectivity index (χ1n) is 8.65. The van der Waals surface area contributed by atoms with E-state index in [4.69, 9.17) is 33.3 Å². The molecule has 6 nitrogen and oxygen atoms in total. The fraction of sp³-hybridized carbons (Fsp3) is 0. The third-order valence-corrected chi connectivity index (χ3v) is 5.82. The summed E-state index contributed by atoms with van der Waals surface area (Å²) in [4.78, 5) is 24.3. The number of nitrogens with zero attached hydrogens (tertiary/aromatic N) is 1. The Morgan fingerprint density at radius 3 is 2.73 bits per heavy atom. The average molecular weight is 457 g/mol. The molecule has 0 saturated carbocycles. The molecular weight excluding hydrogens is 444 g/mol. The first-order chi connectivity index (χ1) is 14.4. The molecule has 0 spiro atoms. The molecule has 30 heavy (non-hydrogen) atoms. The van der Waals surface area contributed by atoms with E-state index in [1.54, 1.807) is 36.4 Å². The van der Waals surface area contributed by atoms with Gasteiger partial charge in [-0.05, 0) is 54.7 Å². The second-order valence-electron chi connectivity index (χ2n) is 6.20. The topological polar surface area (TPSA) is 82.8 Å². The summed E-state index contributed by atoms with van der Waals surface area (Å²) in [7, 11) is 0. The summed E-state index contributed by atoms with van der Waals surface area (Å²) in [5, 5.41) is 10.9. The number of carboxylic acid groups (broad SMARTS) is 1. The van der Waals surface area contributed by atoms with E-state index in [-0.39, 0.29) is 11.5 Å². The number of aromatic carboxylic acids is 1. The van der Waals surface area contributed by atoms with Crippen molar-refractivity contribution >= 4 is 63.5 Å². The predicted molar refractivity (Wildman–Crippen MR) is 121 cm³/mol. The van der Waals surface area contributed by atoms with Crippen molar-refractivity contribution in [3.8, 4) is 11.3 Å². The second kappa shape index (κ2) is 8.35. The van der Waals surface area contributed by atoms with Gasteiger partial charge in [-0.15, -0.1) is 0 Å². The number of hydrazine groups is 1. The van der Waals surface area contributed by atoms with Crippen LogP contribution in [-0.4, -0.2) is 26.3 Å². The third kappa shape index (κ3) is 4.11. The number of hydrogen-bond acceptors (Lipinski definition) is 6. The van der Waals surface area contributed by atoms with Gasteiger partial charge >= 0.3 is 5.97 Å². The first kappa shape index (κ1) is 20.2. The van der Waals surface area contributed by atoms with Crippen LogP contribution in [0.2, 0.25) is 5.02 Å². The maximum Gasteiger partial charge on any atom is 0.335 e. The van der Waals surface area contributed by atoms with Crippen molar-refractivity contribution in [1.82, 2.24) is 5.01 Å². The van der Waals surface area contributed by atoms with Crippen LogP contribution in [0.5, 0.6) is 0 Å². The van der Waals surface area contributed by atoms with Crippen molar-refractivity contribution < 1.29 is 19.1 Å². The highest BCUT2D eigenvalue weighted by Gasteiger charge is 2.33. The highest BCUT2D eigenvalue weighted by atomic mass is 35.5. The van der Waals surface area contributed by atoms with Gasteiger partial charge in [0.2, 0.25) is 0 Å². The Kier molecular flexibility index (Phi) is 5.63. The highest BCUT2D eigenvalue weighted by molar-refractivity contribution is 8.26. The minimum absolute atomic E-state index is 0.101. The van der Waals surface area contributed by atoms with Gasteiger partial charge in [0.1, 0.15) is 11.5 Å². The van der Waals surface area contributed by atoms with E-state index in [1.807, 2.05) is 18.2 Å². The molecule has 1 fully saturated rings. The summed E-state index contributed by atoms with van der Waals surface area (Å²) in [5.41, 5.74) is 4.15. The number of anilines is 1. The highest BCUT2D eigenvalue weighted by Crippen LogP contribution is 2.35. The zero-order valence-corrected chi connectivity index (χ0v) is 17.6. The Balaban J connectivity index is 1.54. The lowest BCUT2D eigenvalue weighted by Gasteiger charge is -2.17. The molecule has 0 bridgehead atoms. The van der Waals surface area contributed by atoms with E-state index < -0.39 is 5.97 Å². The number of hydrogen-bond donors (Lipinski definition) is 2. The van der Waals surface area contributed by atoms with Crippen LogP contribution in [0.15, 0.2) is 70.0 Å². The van der Waals surface area contributed by atoms with Crippen LogP contribution in [0.3, 0.4) is 0 Å². The number of carboxylic acids is 1. The molecule has 0 atom stereocenters. The number of carbonyl (C=O) groups excluding carboxylic acids is 1. The lowest BCUT2D eigenvalue weighted by Crippen LogP contribution is -2.33. The fourth-order valence-corrected chi connectivity index (χ4v) is 4.17. The molecule has 9 heteroatoms. The Bertz CT molecular complexity index is 1200. The van der Waals surface area contributed by atoms with Crippen LogP contribution in [0.4, 0.5) is 5.69 Å². The van der Waals surface area contributed by atoms with Crippen LogP contribution in [0.25, 0.3) is 17.4 Å². The molecule has 2 aromatic carbocycles. The zero-order chi connectivity index (χ0) is 21.3. The van der Waals surface area contributed by atoms with Gasteiger partial charge in [0.15, 0.2) is 4.32 Å². The van der Waals surface area contributed by atoms with E-state index in [0.29, 0.717) is 31.5 Å². The number of thioether (sulfide) groups is 1. The molecule has 3 aromatic rings. The van der Waals surface area contributed by atoms with Gasteiger partial charge in [0, 0.05) is 11.6 Å². The molecule has 1 saturated heterocycles. The standard InChI is InChI=1S/C21H13ClN2O4S2/c22-16-7-2-1-6-15(16)17-9-8-14(28-17)11-18-19(25)24(21(29)30-18)23-13-5-3-4-12(10-13)20(26)27/h1-11,23H,(H,26,27). The molecule has 0 aliphatic carbocycles. The number of nitrogens with one attached hydrogen (secondary N) is 1. The zero-order valence-electron chi connectivity index (χ0n) is 15.2. The number of halogens is 1. The van der Waals surface area contributed by atoms with Crippen LogP contribution in [0, 0.1) is 0 Å². The average Bonchev–Trinajstić information content (AvgIpc) is 3.29. The van der Waals surface area contributed by atoms with Crippen LogP contribution >= 0.6 is 35.6 Å². The molecule has 150 valence electrons. The third-order valence-electron chi connectivity index (χ3n) is 4.18. The van der Waals surface area contributed by atoms with Gasteiger partial charge in [0.05, 0.1) is 21.2 Å². The Hall–Kier alpha value is -3.07. The normalized spacial score (nSPS) is 15.1. The van der Waals surface area contributed by atoms with Gasteiger partial charge in [0.25, 0.3) is 5.91 Å². The summed E-state index contributed by atoms with van der Waals surface area (Å²) in [6.07, 6.45) is 1.61. The summed E-state index contributed by atoms with van der Waals surface area (Å²) in [6.45, 7) is 0. The van der Waals surface area contributed by atoms with Crippen molar-refractivity contribution in [3.05, 3.63) is 81.9 Å². The molecule has 0 radical (unpaired) electrons. The minimum Gasteiger partial charge on any atom is -0.478 e. The van der Waals surface area contributed by atoms with Crippen molar-refractivity contribution in [2.75, 3.05) is 5.43 Å². The maximum absolute atomic E-state index is 12.8. The van der Waals surface area contributed by atoms with Gasteiger partial charge in [-0.25, -0.2) is 9.80 Å². The Labute approximate surface area is 186 Å². The van der Waals surface area contributed by atoms with E-state index in [1.165, 1.54) is 17.1 Å². The van der Waals surface area contributed by atoms with Gasteiger partial charge in [-0.2, -0.15) is 0 Å². The number of benzene rings is 2. The molecule has 1 aliphatic rings. The lowest BCUT2D eigenvalue weighted by molar-refractivity contribution is -0.121. The monoisotopic (exact) mass is 456 g/mol. The molecule has 0 unspecified atom stereocenters. The summed E-state index contributed by atoms with van der Waals surface area (Å²) in [6, 6.07) is 17.0. The van der Waals surface area contributed by atoms with Crippen molar-refractivity contribution in [1.29, 1.82) is 0 Å². The Morgan fingerprint density at radius 2 is 1.97 bits per heavy atom. The van der Waals surface area contributed by atoms with Gasteiger partial charge in [-0.1, -0.05) is 41.6 Å². The second-order valence-corrected chi connectivity index (χ2v) is 8.28. The molecule has 1 aromatic heterocycles. The van der Waals surface area contributed by atoms with E-state index in [0.717, 1.165) is 17.3 Å². The maximum atomic E-state index is 12.8. The molecule has 4 rings (SSSR count). The quantitative estimate of drug-likeness (QED) is 0.386. The SMILES string of the molecule is O=C(O)c1cccc(NN2C(=O)C(=Cc3ccc(-c4ccccc4Cl)o3)SC2=S)c1. The molecule has 1 amide bonds. The number of rotatable bonds is 5. The van der Waals surface area contributed by atoms with E-state index >= 15 is 0 Å². The van der Waals surface area contributed by atoms with Crippen LogP contribution in [-0.2, 0) is 4.79 Å². The summed E-state index contributed by atoms with van der Waals surface area (Å²) < 4.78 is 6.11. The predicted octanol–water partition coefficient (Wildman–Crippen LogP) is 5.53. The van der Waals surface area contributed by atoms with E-state index in [9.17, 15) is 9.59 Å². The smallest absolute Gasteiger partial charge is 0.335 e. The lowest BCUT2D eigenvalue weighted by atomic mass is 10.2. The number of thiocarbonyl (C=S) groups is 1. The van der Waals surface area contributed by atoms with Crippen LogP contribution < -0.4 is 5.43 Å². The van der Waals surface area contributed by atoms with Gasteiger partial charge in [-0.3, -0.25) is 10.2 Å². The van der Waals surface area contributed by atoms with Crippen molar-refractivity contribution in [2.45, 2.75) is 0 Å². The molecule has 1 aliphatic heterocycles. The van der Waals surface area contributed by atoms with Crippen LogP contribution in [0.1, 0.15) is 16.1 Å². The van der Waals surface area contributed by atoms with Crippen molar-refractivity contribution in [2.24, 2.45) is 0 Å². The van der Waals surface area contributed by atoms with Crippen molar-refractivity contribution in [3.63, 3.8) is 0 Å². The fourth-order valence-electron chi connectivity index (χ4n) is 2.78. The number of carbonyl (C=O) groups is 2. The number of furan rings is 1. The Morgan fingerprint density at radius 1 is 1.17 bits per heavy atom. The minimum atomic E-state index is -1.06. The van der Waals surface area contributed by atoms with Gasteiger partial charge < -0.3 is 9.52 Å². The molecular formula is C21H13ClN2O4S2. The number of amides is 1. The molecule has 2 N–H and O–H groups in total. The molecule has 2 heterocycles. The summed E-state index contributed by atoms with van der Waals surface area (Å²) in [5.74, 6) is -0.346.